The Labute approximate surface area is 155 Å². The molecule has 0 unspecified atom stereocenters. The standard InChI is InChI=1S/C20H24N2O3S/c1-4-26(24,25)22-8-7-16-5-6-19(12-18(16)13-22)21-20(23)17-10-14(2)9-15(3)11-17/h5-6,9-12H,4,7-8,13H2,1-3H3,(H,21,23). The minimum Gasteiger partial charge on any atom is -0.322 e. The van der Waals surface area contributed by atoms with Gasteiger partial charge in [0.2, 0.25) is 10.0 Å². The summed E-state index contributed by atoms with van der Waals surface area (Å²) in [5.41, 5.74) is 5.48. The third kappa shape index (κ3) is 3.97. The van der Waals surface area contributed by atoms with Gasteiger partial charge >= 0.3 is 0 Å². The summed E-state index contributed by atoms with van der Waals surface area (Å²) in [5.74, 6) is -0.0588. The van der Waals surface area contributed by atoms with Gasteiger partial charge in [-0.2, -0.15) is 4.31 Å². The number of amides is 1. The number of hydrogen-bond donors (Lipinski definition) is 1. The molecule has 1 heterocycles. The average molecular weight is 372 g/mol. The van der Waals surface area contributed by atoms with Gasteiger partial charge in [0.05, 0.1) is 5.75 Å². The third-order valence-corrected chi connectivity index (χ3v) is 6.51. The number of rotatable bonds is 4. The highest BCUT2D eigenvalue weighted by Gasteiger charge is 2.25. The number of fused-ring (bicyclic) bond motifs is 1. The molecule has 2 aromatic rings. The van der Waals surface area contributed by atoms with Crippen molar-refractivity contribution in [3.8, 4) is 0 Å². The van der Waals surface area contributed by atoms with Crippen LogP contribution in [0.3, 0.4) is 0 Å². The van der Waals surface area contributed by atoms with E-state index in [9.17, 15) is 13.2 Å². The Hall–Kier alpha value is -2.18. The van der Waals surface area contributed by atoms with E-state index in [0.717, 1.165) is 22.3 Å². The lowest BCUT2D eigenvalue weighted by Gasteiger charge is -2.28. The van der Waals surface area contributed by atoms with Gasteiger partial charge < -0.3 is 5.32 Å². The third-order valence-electron chi connectivity index (χ3n) is 4.68. The molecule has 138 valence electrons. The van der Waals surface area contributed by atoms with E-state index in [4.69, 9.17) is 0 Å². The van der Waals surface area contributed by atoms with Crippen LogP contribution in [0.1, 0.15) is 39.5 Å². The lowest BCUT2D eigenvalue weighted by atomic mass is 10.0. The van der Waals surface area contributed by atoms with Crippen LogP contribution >= 0.6 is 0 Å². The molecule has 0 saturated heterocycles. The van der Waals surface area contributed by atoms with Crippen molar-refractivity contribution in [1.29, 1.82) is 0 Å². The number of nitrogens with one attached hydrogen (secondary N) is 1. The number of sulfonamides is 1. The van der Waals surface area contributed by atoms with E-state index >= 15 is 0 Å². The maximum absolute atomic E-state index is 12.5. The Kier molecular flexibility index (Phi) is 5.16. The molecule has 0 fully saturated rings. The Morgan fingerprint density at radius 3 is 2.42 bits per heavy atom. The largest absolute Gasteiger partial charge is 0.322 e. The van der Waals surface area contributed by atoms with E-state index in [2.05, 4.69) is 5.32 Å². The molecular weight excluding hydrogens is 348 g/mol. The van der Waals surface area contributed by atoms with Crippen LogP contribution in [0.4, 0.5) is 5.69 Å². The predicted molar refractivity (Wildman–Crippen MR) is 104 cm³/mol. The van der Waals surface area contributed by atoms with Crippen LogP contribution in [-0.2, 0) is 23.0 Å². The van der Waals surface area contributed by atoms with Gasteiger partial charge in [-0.15, -0.1) is 0 Å². The van der Waals surface area contributed by atoms with Crippen LogP contribution in [0.2, 0.25) is 0 Å². The molecule has 0 radical (unpaired) electrons. The fraction of sp³-hybridized carbons (Fsp3) is 0.350. The molecule has 3 rings (SSSR count). The van der Waals surface area contributed by atoms with Crippen LogP contribution in [0, 0.1) is 13.8 Å². The molecule has 0 atom stereocenters. The second-order valence-corrected chi connectivity index (χ2v) is 9.06. The molecule has 1 N–H and O–H groups in total. The highest BCUT2D eigenvalue weighted by Crippen LogP contribution is 2.25. The molecule has 0 saturated carbocycles. The van der Waals surface area contributed by atoms with E-state index in [0.29, 0.717) is 30.8 Å². The lowest BCUT2D eigenvalue weighted by Crippen LogP contribution is -2.36. The maximum atomic E-state index is 12.5. The predicted octanol–water partition coefficient (Wildman–Crippen LogP) is 3.26. The molecule has 26 heavy (non-hydrogen) atoms. The molecule has 0 bridgehead atoms. The van der Waals surface area contributed by atoms with Crippen LogP contribution < -0.4 is 5.32 Å². The Morgan fingerprint density at radius 2 is 1.77 bits per heavy atom. The summed E-state index contributed by atoms with van der Waals surface area (Å²) < 4.78 is 25.8. The molecule has 0 aliphatic carbocycles. The van der Waals surface area contributed by atoms with Gasteiger partial charge in [-0.1, -0.05) is 23.3 Å². The van der Waals surface area contributed by atoms with E-state index in [1.165, 1.54) is 4.31 Å². The zero-order valence-electron chi connectivity index (χ0n) is 15.4. The van der Waals surface area contributed by atoms with E-state index in [1.54, 1.807) is 6.92 Å². The zero-order chi connectivity index (χ0) is 18.9. The zero-order valence-corrected chi connectivity index (χ0v) is 16.2. The van der Waals surface area contributed by atoms with Gasteiger partial charge in [-0.25, -0.2) is 8.42 Å². The number of nitrogens with zero attached hydrogens (tertiary/aromatic N) is 1. The monoisotopic (exact) mass is 372 g/mol. The average Bonchev–Trinajstić information content (AvgIpc) is 2.60. The normalized spacial score (nSPS) is 14.7. The first-order chi connectivity index (χ1) is 12.3. The first-order valence-corrected chi connectivity index (χ1v) is 10.4. The highest BCUT2D eigenvalue weighted by atomic mass is 32.2. The minimum absolute atomic E-state index is 0.103. The van der Waals surface area contributed by atoms with Gasteiger partial charge in [-0.3, -0.25) is 4.79 Å². The van der Waals surface area contributed by atoms with Crippen molar-refractivity contribution < 1.29 is 13.2 Å². The smallest absolute Gasteiger partial charge is 0.255 e. The van der Waals surface area contributed by atoms with Crippen molar-refractivity contribution in [2.24, 2.45) is 0 Å². The first-order valence-electron chi connectivity index (χ1n) is 8.78. The van der Waals surface area contributed by atoms with Crippen LogP contribution in [-0.4, -0.2) is 30.9 Å². The maximum Gasteiger partial charge on any atom is 0.255 e. The molecule has 2 aromatic carbocycles. The summed E-state index contributed by atoms with van der Waals surface area (Å²) in [7, 11) is -3.21. The van der Waals surface area contributed by atoms with E-state index in [1.807, 2.05) is 50.2 Å². The number of benzene rings is 2. The second kappa shape index (κ2) is 7.21. The molecule has 1 aliphatic heterocycles. The van der Waals surface area contributed by atoms with Crippen molar-refractivity contribution in [2.45, 2.75) is 33.7 Å². The molecule has 6 heteroatoms. The van der Waals surface area contributed by atoms with Crippen molar-refractivity contribution in [3.63, 3.8) is 0 Å². The van der Waals surface area contributed by atoms with Gasteiger partial charge in [0.15, 0.2) is 0 Å². The summed E-state index contributed by atoms with van der Waals surface area (Å²) in [5, 5.41) is 2.92. The van der Waals surface area contributed by atoms with Gasteiger partial charge in [0.1, 0.15) is 0 Å². The number of aryl methyl sites for hydroxylation is 2. The topological polar surface area (TPSA) is 66.5 Å². The summed E-state index contributed by atoms with van der Waals surface area (Å²) in [6.07, 6.45) is 0.694. The highest BCUT2D eigenvalue weighted by molar-refractivity contribution is 7.89. The SMILES string of the molecule is CCS(=O)(=O)N1CCc2ccc(NC(=O)c3cc(C)cc(C)c3)cc2C1. The lowest BCUT2D eigenvalue weighted by molar-refractivity contribution is 0.102. The Balaban J connectivity index is 1.81. The van der Waals surface area contributed by atoms with Crippen LogP contribution in [0.15, 0.2) is 36.4 Å². The fourth-order valence-electron chi connectivity index (χ4n) is 3.34. The van der Waals surface area contributed by atoms with Crippen molar-refractivity contribution in [3.05, 3.63) is 64.2 Å². The summed E-state index contributed by atoms with van der Waals surface area (Å²) in [6.45, 7) is 6.46. The number of hydrogen-bond acceptors (Lipinski definition) is 3. The quantitative estimate of drug-likeness (QED) is 0.896. The molecule has 1 aliphatic rings. The molecular formula is C20H24N2O3S. The van der Waals surface area contributed by atoms with Crippen LogP contribution in [0.25, 0.3) is 0 Å². The van der Waals surface area contributed by atoms with E-state index < -0.39 is 10.0 Å². The summed E-state index contributed by atoms with van der Waals surface area (Å²) in [4.78, 5) is 12.5. The molecule has 5 nitrogen and oxygen atoms in total. The Bertz CT molecular complexity index is 931. The van der Waals surface area contributed by atoms with E-state index in [-0.39, 0.29) is 11.7 Å². The Morgan fingerprint density at radius 1 is 1.08 bits per heavy atom. The van der Waals surface area contributed by atoms with Crippen molar-refractivity contribution in [1.82, 2.24) is 4.31 Å². The van der Waals surface area contributed by atoms with Crippen molar-refractivity contribution in [2.75, 3.05) is 17.6 Å². The number of carbonyl (C=O) groups excluding carboxylic acids is 1. The minimum atomic E-state index is -3.21. The van der Waals surface area contributed by atoms with Gasteiger partial charge in [0.25, 0.3) is 5.91 Å². The summed E-state index contributed by atoms with van der Waals surface area (Å²) >= 11 is 0. The fourth-order valence-corrected chi connectivity index (χ4v) is 4.41. The molecule has 1 amide bonds. The number of carbonyl (C=O) groups is 1. The van der Waals surface area contributed by atoms with Crippen molar-refractivity contribution >= 4 is 21.6 Å². The van der Waals surface area contributed by atoms with Crippen LogP contribution in [0.5, 0.6) is 0 Å². The molecule has 0 aromatic heterocycles. The first kappa shape index (κ1) is 18.6. The molecule has 0 spiro atoms. The summed E-state index contributed by atoms with van der Waals surface area (Å²) in [6, 6.07) is 11.5. The second-order valence-electron chi connectivity index (χ2n) is 6.80. The van der Waals surface area contributed by atoms with Gasteiger partial charge in [0, 0.05) is 24.3 Å². The van der Waals surface area contributed by atoms with Gasteiger partial charge in [-0.05, 0) is 62.6 Å². The number of anilines is 1.